The Balaban J connectivity index is 0.000000190. The largest absolute Gasteiger partial charge is 0.0683 e. The zero-order valence-electron chi connectivity index (χ0n) is 55.9. The number of hydrogen-bond acceptors (Lipinski definition) is 0. The highest BCUT2D eigenvalue weighted by Gasteiger charge is 2.08. The van der Waals surface area contributed by atoms with Gasteiger partial charge < -0.3 is 0 Å². The summed E-state index contributed by atoms with van der Waals surface area (Å²) < 4.78 is 0. The van der Waals surface area contributed by atoms with Crippen molar-refractivity contribution in [1.82, 2.24) is 0 Å². The summed E-state index contributed by atoms with van der Waals surface area (Å²) in [6, 6.07) is 83.2. The van der Waals surface area contributed by atoms with E-state index in [-0.39, 0.29) is 0 Å². The van der Waals surface area contributed by atoms with Crippen molar-refractivity contribution in [3.63, 3.8) is 0 Å². The van der Waals surface area contributed by atoms with Gasteiger partial charge in [-0.15, -0.1) is 0 Å². The first-order valence-corrected chi connectivity index (χ1v) is 31.8. The van der Waals surface area contributed by atoms with E-state index in [1.165, 1.54) is 153 Å². The molecule has 0 nitrogen and oxygen atoms in total. The highest BCUT2D eigenvalue weighted by Crippen LogP contribution is 2.33. The van der Waals surface area contributed by atoms with Gasteiger partial charge in [-0.25, -0.2) is 0 Å². The molecule has 0 unspecified atom stereocenters. The Kier molecular flexibility index (Phi) is 26.8. The summed E-state index contributed by atoms with van der Waals surface area (Å²) in [4.78, 5) is 0. The van der Waals surface area contributed by atoms with E-state index in [0.29, 0.717) is 0 Å². The lowest BCUT2D eigenvalue weighted by molar-refractivity contribution is 1.43. The van der Waals surface area contributed by atoms with E-state index in [9.17, 15) is 0 Å². The molecule has 442 valence electrons. The van der Waals surface area contributed by atoms with Gasteiger partial charge in [-0.05, 0) is 224 Å². The Morgan fingerprint density at radius 3 is 0.872 bits per heavy atom. The molecular formula is C86H98. The maximum Gasteiger partial charge on any atom is -0.0146 e. The molecule has 0 aliphatic carbocycles. The highest BCUT2D eigenvalue weighted by atomic mass is 14.1. The van der Waals surface area contributed by atoms with Gasteiger partial charge in [-0.3, -0.25) is 0 Å². The topological polar surface area (TPSA) is 0 Å². The summed E-state index contributed by atoms with van der Waals surface area (Å²) in [5, 5.41) is 24.3. The molecule has 0 radical (unpaired) electrons. The van der Waals surface area contributed by atoms with Crippen LogP contribution in [0, 0.1) is 69.2 Å². The van der Waals surface area contributed by atoms with Gasteiger partial charge in [0.25, 0.3) is 0 Å². The minimum atomic E-state index is 1.32. The van der Waals surface area contributed by atoms with E-state index in [1.54, 1.807) is 0 Å². The fourth-order valence-corrected chi connectivity index (χ4v) is 11.2. The quantitative estimate of drug-likeness (QED) is 0.133. The first-order valence-electron chi connectivity index (χ1n) is 31.8. The molecule has 0 amide bonds. The molecule has 0 aliphatic heterocycles. The van der Waals surface area contributed by atoms with E-state index in [0.717, 1.165) is 0 Å². The molecule has 0 N–H and O–H groups in total. The number of hydrogen-bond donors (Lipinski definition) is 0. The molecule has 0 spiro atoms. The van der Waals surface area contributed by atoms with E-state index in [2.05, 4.69) is 300 Å². The molecule has 0 atom stereocenters. The van der Waals surface area contributed by atoms with Crippen molar-refractivity contribution in [2.75, 3.05) is 0 Å². The van der Waals surface area contributed by atoms with Crippen LogP contribution in [0.2, 0.25) is 0 Å². The SMILES string of the molecule is CC.CC.CC.CC.CC.Cc1c2ccccc2c(C)c2ccccc12.Cc1cc(C)c2cc3ccccc3cc2c1.Cc1ccc2cc(C)ccc2c1.Cc1ccc2cc3ccc(C)cc3cc2c1.Cc1cccc2c(C)c3ccccc3cc12. The average molecular weight is 1130 g/mol. The van der Waals surface area contributed by atoms with Crippen molar-refractivity contribution in [1.29, 1.82) is 0 Å². The average Bonchev–Trinajstić information content (AvgIpc) is 2.51. The second-order valence-corrected chi connectivity index (χ2v) is 21.1. The van der Waals surface area contributed by atoms with Crippen LogP contribution in [0.4, 0.5) is 0 Å². The van der Waals surface area contributed by atoms with Crippen LogP contribution in [0.5, 0.6) is 0 Å². The van der Waals surface area contributed by atoms with E-state index < -0.39 is 0 Å². The van der Waals surface area contributed by atoms with Crippen molar-refractivity contribution >= 4 is 97.0 Å². The minimum Gasteiger partial charge on any atom is -0.0683 e. The minimum absolute atomic E-state index is 1.32. The van der Waals surface area contributed by atoms with Gasteiger partial charge in [0.05, 0.1) is 0 Å². The molecular weight excluding hydrogens is 1030 g/mol. The summed E-state index contributed by atoms with van der Waals surface area (Å²) >= 11 is 0. The van der Waals surface area contributed by atoms with Crippen LogP contribution in [0.1, 0.15) is 125 Å². The van der Waals surface area contributed by atoms with E-state index >= 15 is 0 Å². The van der Waals surface area contributed by atoms with Crippen molar-refractivity contribution in [2.45, 2.75) is 138 Å². The smallest absolute Gasteiger partial charge is 0.0146 e. The van der Waals surface area contributed by atoms with Gasteiger partial charge in [0.2, 0.25) is 0 Å². The molecule has 0 heteroatoms. The zero-order chi connectivity index (χ0) is 63.0. The van der Waals surface area contributed by atoms with Crippen molar-refractivity contribution < 1.29 is 0 Å². The second-order valence-electron chi connectivity index (χ2n) is 21.1. The van der Waals surface area contributed by atoms with E-state index in [1.807, 2.05) is 69.2 Å². The standard InChI is InChI=1S/4C16H14.C12H12.5C2H6/c1-11-3-5-13-9-14-6-4-12(2)8-16(14)10-15(13)7-11;1-11-13-7-3-5-9-15(13)12(2)16-10-6-4-8-14(11)16;1-11-6-5-9-15-12(2)14-8-4-3-7-13(14)10-16(11)15;1-11-7-12(2)16-10-14-6-4-3-5-13(14)9-15(16)8-11;1-9-3-5-12-8-10(2)4-6-11(12)7-9;5*1-2/h4*3-10H,1-2H3;3-8H,1-2H3;5*1-2H3. The highest BCUT2D eigenvalue weighted by molar-refractivity contribution is 6.06. The molecule has 0 saturated heterocycles. The molecule has 0 aliphatic rings. The molecule has 0 aromatic heterocycles. The van der Waals surface area contributed by atoms with Crippen LogP contribution in [0.25, 0.3) is 97.0 Å². The summed E-state index contributed by atoms with van der Waals surface area (Å²) in [6.07, 6.45) is 0. The third-order valence-corrected chi connectivity index (χ3v) is 15.3. The monoisotopic (exact) mass is 1130 g/mol. The lowest BCUT2D eigenvalue weighted by Gasteiger charge is -2.11. The van der Waals surface area contributed by atoms with Gasteiger partial charge in [-0.1, -0.05) is 297 Å². The van der Waals surface area contributed by atoms with Crippen LogP contribution in [-0.2, 0) is 0 Å². The van der Waals surface area contributed by atoms with Crippen LogP contribution in [0.15, 0.2) is 231 Å². The summed E-state index contributed by atoms with van der Waals surface area (Å²) in [5.41, 5.74) is 13.5. The molecule has 14 aromatic rings. The molecule has 86 heavy (non-hydrogen) atoms. The van der Waals surface area contributed by atoms with Crippen molar-refractivity contribution in [2.24, 2.45) is 0 Å². The maximum atomic E-state index is 2.30. The lowest BCUT2D eigenvalue weighted by Crippen LogP contribution is -1.87. The first kappa shape index (κ1) is 68.2. The molecule has 0 fully saturated rings. The Morgan fingerprint density at radius 1 is 0.151 bits per heavy atom. The third-order valence-electron chi connectivity index (χ3n) is 15.3. The molecule has 0 bridgehead atoms. The van der Waals surface area contributed by atoms with Crippen LogP contribution in [0.3, 0.4) is 0 Å². The maximum absolute atomic E-state index is 2.30. The predicted octanol–water partition coefficient (Wildman–Crippen LogP) is 27.0. The molecule has 0 saturated carbocycles. The van der Waals surface area contributed by atoms with Crippen LogP contribution in [-0.4, -0.2) is 0 Å². The number of fused-ring (bicyclic) bond motifs is 9. The van der Waals surface area contributed by atoms with E-state index in [4.69, 9.17) is 0 Å². The summed E-state index contributed by atoms with van der Waals surface area (Å²) in [5.74, 6) is 0. The Hall–Kier alpha value is -8.58. The van der Waals surface area contributed by atoms with Gasteiger partial charge in [0, 0.05) is 0 Å². The molecule has 14 aromatic carbocycles. The summed E-state index contributed by atoms with van der Waals surface area (Å²) in [6.45, 7) is 41.7. The number of benzene rings is 14. The Labute approximate surface area is 518 Å². The van der Waals surface area contributed by atoms with Gasteiger partial charge in [0.1, 0.15) is 0 Å². The van der Waals surface area contributed by atoms with Crippen LogP contribution < -0.4 is 0 Å². The molecule has 14 rings (SSSR count). The lowest BCUT2D eigenvalue weighted by atomic mass is 9.93. The normalized spacial score (nSPS) is 10.1. The van der Waals surface area contributed by atoms with Gasteiger partial charge in [-0.2, -0.15) is 0 Å². The fourth-order valence-electron chi connectivity index (χ4n) is 11.2. The van der Waals surface area contributed by atoms with Crippen molar-refractivity contribution in [3.05, 3.63) is 286 Å². The fraction of sp³-hybridized carbons (Fsp3) is 0.233. The Morgan fingerprint density at radius 2 is 0.430 bits per heavy atom. The van der Waals surface area contributed by atoms with Gasteiger partial charge in [0.15, 0.2) is 0 Å². The van der Waals surface area contributed by atoms with Crippen LogP contribution >= 0.6 is 0 Å². The third kappa shape index (κ3) is 16.9. The summed E-state index contributed by atoms with van der Waals surface area (Å²) in [7, 11) is 0. The predicted molar refractivity (Wildman–Crippen MR) is 394 cm³/mol. The van der Waals surface area contributed by atoms with Gasteiger partial charge >= 0.3 is 0 Å². The number of rotatable bonds is 0. The molecule has 0 heterocycles. The Bertz CT molecular complexity index is 4200. The zero-order valence-corrected chi connectivity index (χ0v) is 55.9. The first-order chi connectivity index (χ1) is 41.8. The van der Waals surface area contributed by atoms with Crippen molar-refractivity contribution in [3.8, 4) is 0 Å². The second kappa shape index (κ2) is 33.8. The number of aryl methyl sites for hydroxylation is 10.